The van der Waals surface area contributed by atoms with Crippen molar-refractivity contribution in [3.05, 3.63) is 58.7 Å². The molecule has 0 bridgehead atoms. The second kappa shape index (κ2) is 5.59. The van der Waals surface area contributed by atoms with E-state index >= 15 is 0 Å². The van der Waals surface area contributed by atoms with E-state index < -0.39 is 11.6 Å². The summed E-state index contributed by atoms with van der Waals surface area (Å²) in [6.45, 7) is 8.13. The lowest BCUT2D eigenvalue weighted by atomic mass is 10.0. The molecular formula is C18H20F2N2. The van der Waals surface area contributed by atoms with Crippen molar-refractivity contribution in [1.82, 2.24) is 0 Å². The van der Waals surface area contributed by atoms with Gasteiger partial charge in [0.15, 0.2) is 0 Å². The quantitative estimate of drug-likeness (QED) is 0.821. The molecule has 0 saturated carbocycles. The van der Waals surface area contributed by atoms with E-state index in [2.05, 4.69) is 37.8 Å². The van der Waals surface area contributed by atoms with E-state index in [1.54, 1.807) is 4.90 Å². The molecule has 1 aliphatic rings. The summed E-state index contributed by atoms with van der Waals surface area (Å²) in [6, 6.07) is 8.31. The van der Waals surface area contributed by atoms with Crippen molar-refractivity contribution in [3.63, 3.8) is 0 Å². The third kappa shape index (κ3) is 2.54. The van der Waals surface area contributed by atoms with Gasteiger partial charge >= 0.3 is 0 Å². The number of rotatable bonds is 2. The first kappa shape index (κ1) is 14.8. The number of hydrogen-bond donors (Lipinski definition) is 0. The SMILES string of the molecule is Cc1cc(C)c(N2CCN(c3c(F)cccc3F)C2)c(C)c1. The van der Waals surface area contributed by atoms with Crippen LogP contribution in [-0.2, 0) is 0 Å². The van der Waals surface area contributed by atoms with Gasteiger partial charge in [0.1, 0.15) is 17.3 Å². The molecule has 0 unspecified atom stereocenters. The Morgan fingerprint density at radius 2 is 1.32 bits per heavy atom. The van der Waals surface area contributed by atoms with Gasteiger partial charge in [-0.3, -0.25) is 0 Å². The molecule has 0 amide bonds. The summed E-state index contributed by atoms with van der Waals surface area (Å²) in [5.41, 5.74) is 4.88. The number of halogens is 2. The topological polar surface area (TPSA) is 6.48 Å². The molecule has 1 saturated heterocycles. The molecule has 116 valence electrons. The Balaban J connectivity index is 1.90. The Morgan fingerprint density at radius 3 is 1.86 bits per heavy atom. The van der Waals surface area contributed by atoms with Crippen LogP contribution in [0.15, 0.2) is 30.3 Å². The zero-order valence-corrected chi connectivity index (χ0v) is 13.2. The fraction of sp³-hybridized carbons (Fsp3) is 0.333. The van der Waals surface area contributed by atoms with Crippen molar-refractivity contribution >= 4 is 11.4 Å². The van der Waals surface area contributed by atoms with Crippen LogP contribution in [0, 0.1) is 32.4 Å². The smallest absolute Gasteiger partial charge is 0.149 e. The Kier molecular flexibility index (Phi) is 3.77. The zero-order chi connectivity index (χ0) is 15.9. The Morgan fingerprint density at radius 1 is 0.818 bits per heavy atom. The van der Waals surface area contributed by atoms with Gasteiger partial charge in [0.25, 0.3) is 0 Å². The fourth-order valence-electron chi connectivity index (χ4n) is 3.42. The average molecular weight is 302 g/mol. The predicted molar refractivity (Wildman–Crippen MR) is 86.6 cm³/mol. The second-order valence-electron chi connectivity index (χ2n) is 5.99. The lowest BCUT2D eigenvalue weighted by Gasteiger charge is -2.25. The van der Waals surface area contributed by atoms with Crippen LogP contribution in [0.2, 0.25) is 0 Å². The minimum absolute atomic E-state index is 0.0763. The van der Waals surface area contributed by atoms with Gasteiger partial charge in [-0.05, 0) is 44.0 Å². The van der Waals surface area contributed by atoms with Crippen LogP contribution in [-0.4, -0.2) is 19.8 Å². The summed E-state index contributed by atoms with van der Waals surface area (Å²) >= 11 is 0. The first-order chi connectivity index (χ1) is 10.5. The maximum atomic E-state index is 13.9. The van der Waals surface area contributed by atoms with Crippen LogP contribution in [0.4, 0.5) is 20.2 Å². The highest BCUT2D eigenvalue weighted by Gasteiger charge is 2.26. The number of para-hydroxylation sites is 1. The summed E-state index contributed by atoms with van der Waals surface area (Å²) in [5.74, 6) is -1.00. The maximum Gasteiger partial charge on any atom is 0.149 e. The van der Waals surface area contributed by atoms with E-state index in [-0.39, 0.29) is 5.69 Å². The summed E-state index contributed by atoms with van der Waals surface area (Å²) in [4.78, 5) is 3.96. The zero-order valence-electron chi connectivity index (χ0n) is 13.2. The highest BCUT2D eigenvalue weighted by atomic mass is 19.1. The first-order valence-electron chi connectivity index (χ1n) is 7.49. The number of aryl methyl sites for hydroxylation is 3. The molecule has 0 atom stereocenters. The van der Waals surface area contributed by atoms with Crippen molar-refractivity contribution in [2.45, 2.75) is 20.8 Å². The van der Waals surface area contributed by atoms with E-state index in [0.29, 0.717) is 13.2 Å². The largest absolute Gasteiger partial charge is 0.352 e. The Labute approximate surface area is 130 Å². The molecule has 0 N–H and O–H groups in total. The summed E-state index contributed by atoms with van der Waals surface area (Å²) in [7, 11) is 0. The molecule has 0 spiro atoms. The monoisotopic (exact) mass is 302 g/mol. The summed E-state index contributed by atoms with van der Waals surface area (Å²) in [5, 5.41) is 0. The number of hydrogen-bond acceptors (Lipinski definition) is 2. The van der Waals surface area contributed by atoms with Gasteiger partial charge in [-0.2, -0.15) is 0 Å². The lowest BCUT2D eigenvalue weighted by Crippen LogP contribution is -2.27. The van der Waals surface area contributed by atoms with Gasteiger partial charge < -0.3 is 9.80 Å². The van der Waals surface area contributed by atoms with E-state index in [1.165, 1.54) is 40.6 Å². The number of benzene rings is 2. The van der Waals surface area contributed by atoms with E-state index in [4.69, 9.17) is 0 Å². The third-order valence-corrected chi connectivity index (χ3v) is 4.19. The van der Waals surface area contributed by atoms with Gasteiger partial charge in [0.05, 0.1) is 6.67 Å². The van der Waals surface area contributed by atoms with Gasteiger partial charge in [-0.1, -0.05) is 23.8 Å². The molecule has 22 heavy (non-hydrogen) atoms. The molecule has 2 aromatic carbocycles. The molecule has 3 rings (SSSR count). The van der Waals surface area contributed by atoms with Crippen LogP contribution < -0.4 is 9.80 Å². The van der Waals surface area contributed by atoms with Gasteiger partial charge in [0.2, 0.25) is 0 Å². The summed E-state index contributed by atoms with van der Waals surface area (Å²) in [6.07, 6.45) is 0. The van der Waals surface area contributed by atoms with Crippen molar-refractivity contribution in [3.8, 4) is 0 Å². The lowest BCUT2D eigenvalue weighted by molar-refractivity contribution is 0.578. The maximum absolute atomic E-state index is 13.9. The molecule has 2 nitrogen and oxygen atoms in total. The van der Waals surface area contributed by atoms with Crippen molar-refractivity contribution in [1.29, 1.82) is 0 Å². The Hall–Kier alpha value is -2.10. The van der Waals surface area contributed by atoms with E-state index in [9.17, 15) is 8.78 Å². The van der Waals surface area contributed by atoms with Gasteiger partial charge in [-0.25, -0.2) is 8.78 Å². The van der Waals surface area contributed by atoms with Crippen LogP contribution in [0.1, 0.15) is 16.7 Å². The van der Waals surface area contributed by atoms with Crippen LogP contribution >= 0.6 is 0 Å². The van der Waals surface area contributed by atoms with Crippen molar-refractivity contribution in [2.24, 2.45) is 0 Å². The normalized spacial score (nSPS) is 14.8. The molecule has 1 fully saturated rings. The first-order valence-corrected chi connectivity index (χ1v) is 7.49. The number of nitrogens with zero attached hydrogens (tertiary/aromatic N) is 2. The molecule has 1 aliphatic heterocycles. The molecule has 0 aliphatic carbocycles. The minimum atomic E-state index is -0.501. The molecule has 0 aromatic heterocycles. The highest BCUT2D eigenvalue weighted by molar-refractivity contribution is 5.63. The molecule has 1 heterocycles. The van der Waals surface area contributed by atoms with Crippen LogP contribution in [0.5, 0.6) is 0 Å². The van der Waals surface area contributed by atoms with E-state index in [1.807, 2.05) is 0 Å². The molecule has 4 heteroatoms. The average Bonchev–Trinajstić information content (AvgIpc) is 2.86. The van der Waals surface area contributed by atoms with Gasteiger partial charge in [0, 0.05) is 18.8 Å². The van der Waals surface area contributed by atoms with Crippen LogP contribution in [0.25, 0.3) is 0 Å². The fourth-order valence-corrected chi connectivity index (χ4v) is 3.42. The van der Waals surface area contributed by atoms with Crippen LogP contribution in [0.3, 0.4) is 0 Å². The minimum Gasteiger partial charge on any atom is -0.352 e. The molecule has 2 aromatic rings. The molecular weight excluding hydrogens is 282 g/mol. The standard InChI is InChI=1S/C18H20F2N2/c1-12-9-13(2)17(14(3)10-12)21-7-8-22(11-21)18-15(19)5-4-6-16(18)20/h4-6,9-10H,7-8,11H2,1-3H3. The number of anilines is 2. The summed E-state index contributed by atoms with van der Waals surface area (Å²) < 4.78 is 27.9. The van der Waals surface area contributed by atoms with Gasteiger partial charge in [-0.15, -0.1) is 0 Å². The predicted octanol–water partition coefficient (Wildman–Crippen LogP) is 4.17. The third-order valence-electron chi connectivity index (χ3n) is 4.19. The van der Waals surface area contributed by atoms with E-state index in [0.717, 1.165) is 6.54 Å². The molecule has 0 radical (unpaired) electrons. The van der Waals surface area contributed by atoms with Crippen molar-refractivity contribution < 1.29 is 8.78 Å². The highest BCUT2D eigenvalue weighted by Crippen LogP contribution is 2.31. The second-order valence-corrected chi connectivity index (χ2v) is 5.99. The Bertz CT molecular complexity index is 669. The van der Waals surface area contributed by atoms with Crippen molar-refractivity contribution in [2.75, 3.05) is 29.6 Å².